The Balaban J connectivity index is 1.69. The number of amides is 1. The number of nitrogens with one attached hydrogen (secondary N) is 1. The highest BCUT2D eigenvalue weighted by Gasteiger charge is 2.34. The van der Waals surface area contributed by atoms with E-state index in [4.69, 9.17) is 0 Å². The zero-order chi connectivity index (χ0) is 12.8. The summed E-state index contributed by atoms with van der Waals surface area (Å²) in [5, 5.41) is 3.88. The van der Waals surface area contributed by atoms with Crippen LogP contribution in [0.4, 0.5) is 0 Å². The van der Waals surface area contributed by atoms with Crippen LogP contribution in [-0.4, -0.2) is 48.1 Å². The summed E-state index contributed by atoms with van der Waals surface area (Å²) in [6, 6.07) is 0. The van der Waals surface area contributed by atoms with E-state index in [0.29, 0.717) is 11.8 Å². The first-order chi connectivity index (χ1) is 8.81. The van der Waals surface area contributed by atoms with Crippen LogP contribution in [0.25, 0.3) is 0 Å². The van der Waals surface area contributed by atoms with Gasteiger partial charge in [-0.05, 0) is 18.9 Å². The summed E-state index contributed by atoms with van der Waals surface area (Å²) < 4.78 is 0. The molecule has 0 bridgehead atoms. The summed E-state index contributed by atoms with van der Waals surface area (Å²) in [4.78, 5) is 16.1. The lowest BCUT2D eigenvalue weighted by Gasteiger charge is -2.34. The van der Waals surface area contributed by atoms with Crippen molar-refractivity contribution in [1.29, 1.82) is 0 Å². The number of rotatable bonds is 5. The molecule has 1 amide bonds. The first kappa shape index (κ1) is 12.7. The van der Waals surface area contributed by atoms with Gasteiger partial charge in [-0.3, -0.25) is 10.2 Å². The van der Waals surface area contributed by atoms with Crippen LogP contribution >= 0.6 is 0 Å². The Bertz CT molecular complexity index is 352. The van der Waals surface area contributed by atoms with Crippen molar-refractivity contribution >= 4 is 12.1 Å². The molecular weight excluding hydrogens is 228 g/mol. The van der Waals surface area contributed by atoms with E-state index >= 15 is 0 Å². The molecule has 0 radical (unpaired) electrons. The fourth-order valence-electron chi connectivity index (χ4n) is 1.98. The number of piperazine rings is 1. The molecular formula is C13H20N4O. The molecule has 2 fully saturated rings. The van der Waals surface area contributed by atoms with Gasteiger partial charge < -0.3 is 9.80 Å². The molecule has 1 N–H and O–H groups in total. The molecule has 0 aromatic carbocycles. The van der Waals surface area contributed by atoms with Crippen LogP contribution in [0.5, 0.6) is 0 Å². The molecule has 98 valence electrons. The highest BCUT2D eigenvalue weighted by Crippen LogP contribution is 2.31. The normalized spacial score (nSPS) is 20.7. The van der Waals surface area contributed by atoms with Crippen molar-refractivity contribution in [2.24, 2.45) is 11.0 Å². The Morgan fingerprint density at radius 1 is 1.28 bits per heavy atom. The van der Waals surface area contributed by atoms with E-state index in [1.165, 1.54) is 6.20 Å². The number of carbonyl (C=O) groups is 1. The first-order valence-corrected chi connectivity index (χ1v) is 6.40. The van der Waals surface area contributed by atoms with Gasteiger partial charge in [-0.25, -0.2) is 0 Å². The Morgan fingerprint density at radius 3 is 2.61 bits per heavy atom. The minimum absolute atomic E-state index is 0.337. The van der Waals surface area contributed by atoms with E-state index in [1.807, 2.05) is 17.2 Å². The highest BCUT2D eigenvalue weighted by atomic mass is 16.2. The summed E-state index contributed by atoms with van der Waals surface area (Å²) in [6.07, 6.45) is 9.27. The van der Waals surface area contributed by atoms with Gasteiger partial charge in [-0.15, -0.1) is 0 Å². The third-order valence-electron chi connectivity index (χ3n) is 3.18. The molecule has 2 aliphatic rings. The van der Waals surface area contributed by atoms with E-state index in [0.717, 1.165) is 39.0 Å². The fraction of sp³-hybridized carbons (Fsp3) is 0.538. The number of carbonyl (C=O) groups excluding carboxylic acids is 1. The van der Waals surface area contributed by atoms with Crippen LogP contribution < -0.4 is 5.43 Å². The van der Waals surface area contributed by atoms with Gasteiger partial charge in [0, 0.05) is 50.7 Å². The molecule has 5 heteroatoms. The standard InChI is InChI=1S/C13H20N4O/c1-2-14-15-6-3-7-16-8-10-17(11-9-16)13(18)12-4-5-12/h2-3,6-7,12,14H,1,4-5,8-11H2/b7-3+,15-6-. The molecule has 2 rings (SSSR count). The molecule has 1 aliphatic heterocycles. The Labute approximate surface area is 108 Å². The maximum Gasteiger partial charge on any atom is 0.225 e. The van der Waals surface area contributed by atoms with E-state index < -0.39 is 0 Å². The summed E-state index contributed by atoms with van der Waals surface area (Å²) in [5.74, 6) is 0.694. The fourth-order valence-corrected chi connectivity index (χ4v) is 1.98. The molecule has 0 spiro atoms. The van der Waals surface area contributed by atoms with Crippen molar-refractivity contribution in [3.8, 4) is 0 Å². The van der Waals surface area contributed by atoms with Crippen molar-refractivity contribution in [3.63, 3.8) is 0 Å². The van der Waals surface area contributed by atoms with Gasteiger partial charge >= 0.3 is 0 Å². The second-order valence-corrected chi connectivity index (χ2v) is 4.59. The third-order valence-corrected chi connectivity index (χ3v) is 3.18. The van der Waals surface area contributed by atoms with E-state index in [2.05, 4.69) is 22.0 Å². The molecule has 1 saturated heterocycles. The second kappa shape index (κ2) is 6.23. The monoisotopic (exact) mass is 248 g/mol. The number of nitrogens with zero attached hydrogens (tertiary/aromatic N) is 3. The molecule has 0 unspecified atom stereocenters. The van der Waals surface area contributed by atoms with Gasteiger partial charge in [-0.1, -0.05) is 6.58 Å². The van der Waals surface area contributed by atoms with Crippen LogP contribution in [0.2, 0.25) is 0 Å². The Morgan fingerprint density at radius 2 is 2.00 bits per heavy atom. The van der Waals surface area contributed by atoms with Gasteiger partial charge in [0.2, 0.25) is 5.91 Å². The Hall–Kier alpha value is -1.78. The molecule has 1 saturated carbocycles. The summed E-state index contributed by atoms with van der Waals surface area (Å²) in [6.45, 7) is 6.97. The lowest BCUT2D eigenvalue weighted by Crippen LogP contribution is -2.47. The average Bonchev–Trinajstić information content (AvgIpc) is 3.23. The zero-order valence-corrected chi connectivity index (χ0v) is 10.6. The predicted molar refractivity (Wildman–Crippen MR) is 71.8 cm³/mol. The van der Waals surface area contributed by atoms with Crippen molar-refractivity contribution in [3.05, 3.63) is 25.1 Å². The van der Waals surface area contributed by atoms with Gasteiger partial charge in [0.1, 0.15) is 0 Å². The zero-order valence-electron chi connectivity index (χ0n) is 10.6. The number of hydrogen-bond donors (Lipinski definition) is 1. The van der Waals surface area contributed by atoms with Crippen LogP contribution in [0.15, 0.2) is 30.2 Å². The van der Waals surface area contributed by atoms with Crippen LogP contribution in [-0.2, 0) is 4.79 Å². The molecule has 18 heavy (non-hydrogen) atoms. The number of hydrogen-bond acceptors (Lipinski definition) is 4. The van der Waals surface area contributed by atoms with Gasteiger partial charge in [0.15, 0.2) is 0 Å². The minimum atomic E-state index is 0.337. The number of hydrazone groups is 1. The molecule has 1 aliphatic carbocycles. The SMILES string of the molecule is C=CN/N=C\C=C\N1CCN(C(=O)C2CC2)CC1. The van der Waals surface area contributed by atoms with Crippen LogP contribution in [0.1, 0.15) is 12.8 Å². The van der Waals surface area contributed by atoms with E-state index in [-0.39, 0.29) is 0 Å². The maximum absolute atomic E-state index is 11.8. The molecule has 0 atom stereocenters. The average molecular weight is 248 g/mol. The molecule has 0 aromatic rings. The topological polar surface area (TPSA) is 47.9 Å². The summed E-state index contributed by atoms with van der Waals surface area (Å²) >= 11 is 0. The van der Waals surface area contributed by atoms with Crippen molar-refractivity contribution in [2.45, 2.75) is 12.8 Å². The van der Waals surface area contributed by atoms with Crippen LogP contribution in [0, 0.1) is 5.92 Å². The van der Waals surface area contributed by atoms with Crippen LogP contribution in [0.3, 0.4) is 0 Å². The van der Waals surface area contributed by atoms with E-state index in [1.54, 1.807) is 6.21 Å². The van der Waals surface area contributed by atoms with Gasteiger partial charge in [-0.2, -0.15) is 5.10 Å². The molecule has 0 aromatic heterocycles. The van der Waals surface area contributed by atoms with Gasteiger partial charge in [0.25, 0.3) is 0 Å². The quantitative estimate of drug-likeness (QED) is 0.577. The molecule has 5 nitrogen and oxygen atoms in total. The number of allylic oxidation sites excluding steroid dienone is 1. The predicted octanol–water partition coefficient (Wildman–Crippen LogP) is 0.773. The maximum atomic E-state index is 11.8. The third kappa shape index (κ3) is 3.61. The van der Waals surface area contributed by atoms with E-state index in [9.17, 15) is 4.79 Å². The lowest BCUT2D eigenvalue weighted by atomic mass is 10.2. The summed E-state index contributed by atoms with van der Waals surface area (Å²) in [5.41, 5.74) is 2.64. The minimum Gasteiger partial charge on any atom is -0.374 e. The molecule has 1 heterocycles. The summed E-state index contributed by atoms with van der Waals surface area (Å²) in [7, 11) is 0. The second-order valence-electron chi connectivity index (χ2n) is 4.59. The van der Waals surface area contributed by atoms with Crippen molar-refractivity contribution in [2.75, 3.05) is 26.2 Å². The largest absolute Gasteiger partial charge is 0.374 e. The van der Waals surface area contributed by atoms with Gasteiger partial charge in [0.05, 0.1) is 0 Å². The first-order valence-electron chi connectivity index (χ1n) is 6.40. The highest BCUT2D eigenvalue weighted by molar-refractivity contribution is 5.81. The van der Waals surface area contributed by atoms with Crippen molar-refractivity contribution in [1.82, 2.24) is 15.2 Å². The lowest BCUT2D eigenvalue weighted by molar-refractivity contribution is -0.133. The Kier molecular flexibility index (Phi) is 4.39. The van der Waals surface area contributed by atoms with Crippen molar-refractivity contribution < 1.29 is 4.79 Å². The smallest absolute Gasteiger partial charge is 0.225 e.